The van der Waals surface area contributed by atoms with Gasteiger partial charge in [-0.1, -0.05) is 26.7 Å². The zero-order chi connectivity index (χ0) is 27.7. The van der Waals surface area contributed by atoms with Gasteiger partial charge in [0.2, 0.25) is 0 Å². The number of hydrogen-bond donors (Lipinski definition) is 2. The molecule has 222 valence electrons. The van der Waals surface area contributed by atoms with Crippen LogP contribution in [0.2, 0.25) is 0 Å². The van der Waals surface area contributed by atoms with Crippen LogP contribution >= 0.6 is 0 Å². The van der Waals surface area contributed by atoms with E-state index in [4.69, 9.17) is 9.47 Å². The Morgan fingerprint density at radius 1 is 0.658 bits per heavy atom. The van der Waals surface area contributed by atoms with Crippen LogP contribution in [-0.2, 0) is 9.47 Å². The lowest BCUT2D eigenvalue weighted by Gasteiger charge is -2.38. The average Bonchev–Trinajstić information content (AvgIpc) is 2.90. The molecule has 0 radical (unpaired) electrons. The smallest absolute Gasteiger partial charge is 0.131 e. The fourth-order valence-electron chi connectivity index (χ4n) is 5.55. The van der Waals surface area contributed by atoms with Crippen molar-refractivity contribution in [3.05, 3.63) is 0 Å². The van der Waals surface area contributed by atoms with Crippen LogP contribution in [0.3, 0.4) is 0 Å². The number of nitrogens with zero attached hydrogens (tertiary/aromatic N) is 4. The second-order valence-corrected chi connectivity index (χ2v) is 11.1. The number of ether oxygens (including phenoxy) is 2. The lowest BCUT2D eigenvalue weighted by molar-refractivity contribution is -0.942. The molecule has 0 amide bonds. The third-order valence-electron chi connectivity index (χ3n) is 7.60. The Balaban J connectivity index is 1.53. The first-order chi connectivity index (χ1) is 18.3. The van der Waals surface area contributed by atoms with Crippen LogP contribution in [0.1, 0.15) is 90.9 Å². The van der Waals surface area contributed by atoms with Gasteiger partial charge in [-0.05, 0) is 64.2 Å². The van der Waals surface area contributed by atoms with Gasteiger partial charge in [0.05, 0.1) is 13.2 Å². The summed E-state index contributed by atoms with van der Waals surface area (Å²) in [6.45, 7) is 9.53. The molecule has 0 spiro atoms. The predicted molar refractivity (Wildman–Crippen MR) is 145 cm³/mol. The van der Waals surface area contributed by atoms with Crippen molar-refractivity contribution in [3.8, 4) is 0 Å². The Hall–Kier alpha value is -1.30. The third-order valence-corrected chi connectivity index (χ3v) is 7.60. The van der Waals surface area contributed by atoms with E-state index in [1.54, 1.807) is 0 Å². The number of likely N-dealkylation sites (tertiary alicyclic amines) is 2. The molecule has 38 heavy (non-hydrogen) atoms. The van der Waals surface area contributed by atoms with Gasteiger partial charge in [-0.25, -0.2) is 0 Å². The lowest BCUT2D eigenvalue weighted by atomic mass is 10.1. The van der Waals surface area contributed by atoms with Crippen molar-refractivity contribution in [2.75, 3.05) is 65.7 Å². The maximum Gasteiger partial charge on any atom is 0.131 e. The minimum atomic E-state index is -0.624. The van der Waals surface area contributed by atoms with Crippen molar-refractivity contribution in [2.24, 2.45) is 10.2 Å². The van der Waals surface area contributed by atoms with E-state index in [1.165, 1.54) is 0 Å². The monoisotopic (exact) mass is 542 g/mol. The molecule has 2 atom stereocenters. The van der Waals surface area contributed by atoms with Crippen LogP contribution in [-0.4, -0.2) is 109 Å². The van der Waals surface area contributed by atoms with Gasteiger partial charge in [-0.2, -0.15) is 9.18 Å². The minimum absolute atomic E-state index is 0.0928. The van der Waals surface area contributed by atoms with Crippen molar-refractivity contribution in [1.82, 2.24) is 0 Å². The van der Waals surface area contributed by atoms with Crippen molar-refractivity contribution in [1.29, 1.82) is 0 Å². The van der Waals surface area contributed by atoms with Gasteiger partial charge in [0.15, 0.2) is 0 Å². The molecule has 2 aliphatic rings. The Kier molecular flexibility index (Phi) is 15.7. The highest BCUT2D eigenvalue weighted by Gasteiger charge is 2.34. The average molecular weight is 543 g/mol. The van der Waals surface area contributed by atoms with Gasteiger partial charge in [0, 0.05) is 25.0 Å². The number of aliphatic hydroxyl groups excluding tert-OH is 2. The van der Waals surface area contributed by atoms with Crippen LogP contribution < -0.4 is 10.2 Å². The van der Waals surface area contributed by atoms with E-state index in [0.29, 0.717) is 48.3 Å². The molecular weight excluding hydrogens is 488 g/mol. The van der Waals surface area contributed by atoms with Crippen molar-refractivity contribution in [3.63, 3.8) is 0 Å². The van der Waals surface area contributed by atoms with Crippen LogP contribution in [0, 0.1) is 0 Å². The normalized spacial score (nSPS) is 21.8. The molecular formula is C28H54N4O6. The molecule has 0 saturated carbocycles. The SMILES string of the molecule is CC/C([O-])=N/[N+]1(CC(O)COCCCCCCOCC(O)C[N+]2(/N=C(\[O-])CC)CCCCC2)CCCCC1. The summed E-state index contributed by atoms with van der Waals surface area (Å²) in [5.74, 6) is -0.186. The topological polar surface area (TPSA) is 130 Å². The summed E-state index contributed by atoms with van der Waals surface area (Å²) >= 11 is 0. The standard InChI is InChI=1S/C28H54N4O6/c1-3-27(35)29-31(15-9-7-10-16-31)21-25(33)23-37-19-13-5-6-14-20-38-24-26(34)22-32(30-28(36)4-2)17-11-8-12-18-32/h25-26,33-34H,3-24H2,1-2H3. The van der Waals surface area contributed by atoms with Crippen molar-refractivity contribution < 1.29 is 39.1 Å². The fraction of sp³-hybridized carbons (Fsp3) is 0.929. The molecule has 0 aromatic rings. The van der Waals surface area contributed by atoms with E-state index >= 15 is 0 Å². The maximum atomic E-state index is 11.9. The first-order valence-electron chi connectivity index (χ1n) is 15.1. The van der Waals surface area contributed by atoms with Gasteiger partial charge < -0.3 is 29.9 Å². The first-order valence-corrected chi connectivity index (χ1v) is 15.1. The summed E-state index contributed by atoms with van der Waals surface area (Å²) in [7, 11) is 0. The lowest BCUT2D eigenvalue weighted by Crippen LogP contribution is -2.53. The highest BCUT2D eigenvalue weighted by Crippen LogP contribution is 2.22. The molecule has 10 heteroatoms. The van der Waals surface area contributed by atoms with E-state index in [-0.39, 0.29) is 25.0 Å². The molecule has 2 aliphatic heterocycles. The molecule has 2 saturated heterocycles. The summed E-state index contributed by atoms with van der Waals surface area (Å²) in [5.41, 5.74) is 0. The molecule has 2 unspecified atom stereocenters. The Bertz CT molecular complexity index is 635. The molecule has 0 aromatic carbocycles. The van der Waals surface area contributed by atoms with Crippen LogP contribution in [0.4, 0.5) is 0 Å². The van der Waals surface area contributed by atoms with E-state index in [9.17, 15) is 20.4 Å². The fourth-order valence-corrected chi connectivity index (χ4v) is 5.55. The second kappa shape index (κ2) is 18.1. The number of hydrogen-bond acceptors (Lipinski definition) is 8. The predicted octanol–water partition coefficient (Wildman–Crippen LogP) is 1.47. The number of rotatable bonds is 19. The zero-order valence-corrected chi connectivity index (χ0v) is 24.0. The molecule has 0 bridgehead atoms. The number of quaternary nitrogens is 2. The zero-order valence-electron chi connectivity index (χ0n) is 24.0. The van der Waals surface area contributed by atoms with Gasteiger partial charge in [-0.3, -0.25) is 0 Å². The quantitative estimate of drug-likeness (QED) is 0.110. The Morgan fingerprint density at radius 3 is 1.37 bits per heavy atom. The summed E-state index contributed by atoms with van der Waals surface area (Å²) in [5, 5.41) is 53.7. The number of aliphatic hydroxyl groups is 2. The summed E-state index contributed by atoms with van der Waals surface area (Å²) in [6, 6.07) is 0. The highest BCUT2D eigenvalue weighted by atomic mass is 16.5. The van der Waals surface area contributed by atoms with Crippen LogP contribution in [0.15, 0.2) is 10.2 Å². The van der Waals surface area contributed by atoms with Gasteiger partial charge in [-0.15, -0.1) is 10.2 Å². The highest BCUT2D eigenvalue weighted by molar-refractivity contribution is 5.70. The summed E-state index contributed by atoms with van der Waals surface area (Å²) in [4.78, 5) is 0. The van der Waals surface area contributed by atoms with E-state index in [0.717, 1.165) is 90.4 Å². The van der Waals surface area contributed by atoms with E-state index < -0.39 is 12.2 Å². The molecule has 0 aromatic heterocycles. The summed E-state index contributed by atoms with van der Waals surface area (Å²) in [6.07, 6.45) is 9.87. The molecule has 2 rings (SSSR count). The Morgan fingerprint density at radius 2 is 1.03 bits per heavy atom. The van der Waals surface area contributed by atoms with Crippen molar-refractivity contribution >= 4 is 11.8 Å². The van der Waals surface area contributed by atoms with Crippen LogP contribution in [0.5, 0.6) is 0 Å². The minimum Gasteiger partial charge on any atom is -0.858 e. The van der Waals surface area contributed by atoms with E-state index in [1.807, 2.05) is 13.8 Å². The second-order valence-electron chi connectivity index (χ2n) is 11.1. The van der Waals surface area contributed by atoms with Crippen LogP contribution in [0.25, 0.3) is 0 Å². The maximum absolute atomic E-state index is 11.9. The third kappa shape index (κ3) is 12.7. The first kappa shape index (κ1) is 32.9. The number of piperidine rings is 2. The molecule has 10 nitrogen and oxygen atoms in total. The Labute approximate surface area is 230 Å². The van der Waals surface area contributed by atoms with Crippen molar-refractivity contribution in [2.45, 2.75) is 103 Å². The number of unbranched alkanes of at least 4 members (excludes halogenated alkanes) is 3. The van der Waals surface area contributed by atoms with Gasteiger partial charge >= 0.3 is 0 Å². The van der Waals surface area contributed by atoms with E-state index in [2.05, 4.69) is 10.2 Å². The molecule has 2 heterocycles. The van der Waals surface area contributed by atoms with Gasteiger partial charge in [0.1, 0.15) is 51.5 Å². The van der Waals surface area contributed by atoms with Gasteiger partial charge in [0.25, 0.3) is 0 Å². The summed E-state index contributed by atoms with van der Waals surface area (Å²) < 4.78 is 12.1. The molecule has 2 fully saturated rings. The molecule has 2 N–H and O–H groups in total. The largest absolute Gasteiger partial charge is 0.858 e. The molecule has 0 aliphatic carbocycles.